The summed E-state index contributed by atoms with van der Waals surface area (Å²) in [5.74, 6) is -1.22. The van der Waals surface area contributed by atoms with Crippen LogP contribution in [0, 0.1) is 0 Å². The van der Waals surface area contributed by atoms with E-state index in [0.717, 1.165) is 5.56 Å². The quantitative estimate of drug-likeness (QED) is 0.522. The van der Waals surface area contributed by atoms with Crippen molar-refractivity contribution >= 4 is 23.4 Å². The van der Waals surface area contributed by atoms with E-state index in [2.05, 4.69) is 10.6 Å². The van der Waals surface area contributed by atoms with Gasteiger partial charge in [-0.15, -0.1) is 0 Å². The van der Waals surface area contributed by atoms with Crippen LogP contribution in [-0.2, 0) is 4.79 Å². The second-order valence-electron chi connectivity index (χ2n) is 6.85. The first-order valence-corrected chi connectivity index (χ1v) is 9.72. The number of primary amides is 1. The summed E-state index contributed by atoms with van der Waals surface area (Å²) in [6, 6.07) is 22.5. The van der Waals surface area contributed by atoms with Crippen LogP contribution in [0.15, 0.2) is 78.9 Å². The minimum absolute atomic E-state index is 0.185. The third kappa shape index (κ3) is 5.70. The Morgan fingerprint density at radius 2 is 1.48 bits per heavy atom. The van der Waals surface area contributed by atoms with Gasteiger partial charge in [0.2, 0.25) is 0 Å². The van der Waals surface area contributed by atoms with Gasteiger partial charge < -0.3 is 21.1 Å². The zero-order valence-corrected chi connectivity index (χ0v) is 17.0. The van der Waals surface area contributed by atoms with Gasteiger partial charge in [0.25, 0.3) is 17.7 Å². The van der Waals surface area contributed by atoms with Gasteiger partial charge >= 0.3 is 0 Å². The molecule has 7 nitrogen and oxygen atoms in total. The molecule has 7 heteroatoms. The van der Waals surface area contributed by atoms with E-state index in [1.54, 1.807) is 42.5 Å². The first-order chi connectivity index (χ1) is 15.0. The van der Waals surface area contributed by atoms with Crippen LogP contribution in [-0.4, -0.2) is 24.3 Å². The van der Waals surface area contributed by atoms with Crippen LogP contribution in [0.4, 0.5) is 5.69 Å². The van der Waals surface area contributed by atoms with Crippen molar-refractivity contribution in [2.75, 3.05) is 11.9 Å². The fourth-order valence-electron chi connectivity index (χ4n) is 3.02. The Hall–Kier alpha value is -4.13. The molecule has 0 spiro atoms. The first-order valence-electron chi connectivity index (χ1n) is 9.72. The lowest BCUT2D eigenvalue weighted by molar-refractivity contribution is -0.118. The highest BCUT2D eigenvalue weighted by Gasteiger charge is 2.17. The van der Waals surface area contributed by atoms with E-state index in [-0.39, 0.29) is 29.9 Å². The molecule has 1 atom stereocenters. The normalized spacial score (nSPS) is 11.3. The molecule has 0 bridgehead atoms. The lowest BCUT2D eigenvalue weighted by Gasteiger charge is -2.16. The molecule has 0 radical (unpaired) electrons. The Bertz CT molecular complexity index is 1080. The molecule has 3 rings (SSSR count). The van der Waals surface area contributed by atoms with Crippen LogP contribution in [0.1, 0.15) is 39.2 Å². The van der Waals surface area contributed by atoms with Crippen molar-refractivity contribution in [2.24, 2.45) is 5.73 Å². The molecule has 0 aliphatic heterocycles. The van der Waals surface area contributed by atoms with Crippen LogP contribution >= 0.6 is 0 Å². The second-order valence-corrected chi connectivity index (χ2v) is 6.85. The summed E-state index contributed by atoms with van der Waals surface area (Å²) < 4.78 is 5.44. The average Bonchev–Trinajstić information content (AvgIpc) is 2.78. The van der Waals surface area contributed by atoms with Gasteiger partial charge in [-0.3, -0.25) is 14.4 Å². The number of hydrogen-bond donors (Lipinski definition) is 3. The number of benzene rings is 3. The molecule has 0 aromatic heterocycles. The van der Waals surface area contributed by atoms with Crippen molar-refractivity contribution in [3.8, 4) is 5.75 Å². The van der Waals surface area contributed by atoms with Crippen LogP contribution < -0.4 is 21.1 Å². The standard InChI is InChI=1S/C24H23N3O4/c1-16(17-9-3-2-4-10-17)26-24(30)18-11-5-7-13-20(18)27-22(28)15-31-21-14-8-6-12-19(21)23(25)29/h2-14,16H,15H2,1H3,(H2,25,29)(H,26,30)(H,27,28). The monoisotopic (exact) mass is 417 g/mol. The summed E-state index contributed by atoms with van der Waals surface area (Å²) in [5, 5.41) is 5.61. The fraction of sp³-hybridized carbons (Fsp3) is 0.125. The van der Waals surface area contributed by atoms with Crippen molar-refractivity contribution in [1.82, 2.24) is 5.32 Å². The summed E-state index contributed by atoms with van der Waals surface area (Å²) in [6.45, 7) is 1.54. The summed E-state index contributed by atoms with van der Waals surface area (Å²) in [7, 11) is 0. The molecule has 3 aromatic carbocycles. The number of carbonyl (C=O) groups excluding carboxylic acids is 3. The van der Waals surface area contributed by atoms with Gasteiger partial charge in [0.1, 0.15) is 5.75 Å². The number of amides is 3. The van der Waals surface area contributed by atoms with Gasteiger partial charge in [-0.2, -0.15) is 0 Å². The third-order valence-electron chi connectivity index (χ3n) is 4.60. The lowest BCUT2D eigenvalue weighted by atomic mass is 10.1. The highest BCUT2D eigenvalue weighted by atomic mass is 16.5. The summed E-state index contributed by atoms with van der Waals surface area (Å²) in [4.78, 5) is 36.7. The molecular weight excluding hydrogens is 394 g/mol. The third-order valence-corrected chi connectivity index (χ3v) is 4.60. The Balaban J connectivity index is 1.65. The highest BCUT2D eigenvalue weighted by molar-refractivity contribution is 6.04. The zero-order chi connectivity index (χ0) is 22.2. The average molecular weight is 417 g/mol. The largest absolute Gasteiger partial charge is 0.483 e. The number of ether oxygens (including phenoxy) is 1. The SMILES string of the molecule is CC(NC(=O)c1ccccc1NC(=O)COc1ccccc1C(N)=O)c1ccccc1. The number of nitrogens with two attached hydrogens (primary N) is 1. The Labute approximate surface area is 180 Å². The van der Waals surface area contributed by atoms with Crippen LogP contribution in [0.2, 0.25) is 0 Å². The van der Waals surface area contributed by atoms with E-state index in [1.165, 1.54) is 6.07 Å². The molecule has 0 fully saturated rings. The van der Waals surface area contributed by atoms with Crippen molar-refractivity contribution in [1.29, 1.82) is 0 Å². The number of para-hydroxylation sites is 2. The summed E-state index contributed by atoms with van der Waals surface area (Å²) in [6.07, 6.45) is 0. The highest BCUT2D eigenvalue weighted by Crippen LogP contribution is 2.19. The van der Waals surface area contributed by atoms with Crippen molar-refractivity contribution < 1.29 is 19.1 Å². The molecule has 4 N–H and O–H groups in total. The number of carbonyl (C=O) groups is 3. The summed E-state index contributed by atoms with van der Waals surface area (Å²) in [5.41, 5.74) is 7.16. The fourth-order valence-corrected chi connectivity index (χ4v) is 3.02. The molecule has 3 amide bonds. The van der Waals surface area contributed by atoms with Gasteiger partial charge in [0, 0.05) is 0 Å². The molecule has 0 saturated heterocycles. The minimum atomic E-state index is -0.648. The predicted molar refractivity (Wildman–Crippen MR) is 118 cm³/mol. The maximum Gasteiger partial charge on any atom is 0.262 e. The van der Waals surface area contributed by atoms with E-state index in [9.17, 15) is 14.4 Å². The molecule has 158 valence electrons. The van der Waals surface area contributed by atoms with Crippen molar-refractivity contribution in [3.05, 3.63) is 95.6 Å². The van der Waals surface area contributed by atoms with Crippen LogP contribution in [0.5, 0.6) is 5.75 Å². The Morgan fingerprint density at radius 1 is 0.871 bits per heavy atom. The molecule has 0 aliphatic carbocycles. The smallest absolute Gasteiger partial charge is 0.262 e. The van der Waals surface area contributed by atoms with E-state index in [1.807, 2.05) is 37.3 Å². The molecule has 0 aliphatic rings. The Kier molecular flexibility index (Phi) is 7.01. The van der Waals surface area contributed by atoms with E-state index >= 15 is 0 Å². The van der Waals surface area contributed by atoms with Crippen molar-refractivity contribution in [2.45, 2.75) is 13.0 Å². The molecule has 0 saturated carbocycles. The van der Waals surface area contributed by atoms with Crippen LogP contribution in [0.3, 0.4) is 0 Å². The van der Waals surface area contributed by atoms with E-state index < -0.39 is 11.8 Å². The summed E-state index contributed by atoms with van der Waals surface area (Å²) >= 11 is 0. The van der Waals surface area contributed by atoms with E-state index in [0.29, 0.717) is 11.3 Å². The molecule has 31 heavy (non-hydrogen) atoms. The van der Waals surface area contributed by atoms with Gasteiger partial charge in [0.05, 0.1) is 22.9 Å². The van der Waals surface area contributed by atoms with Gasteiger partial charge in [-0.25, -0.2) is 0 Å². The maximum atomic E-state index is 12.8. The predicted octanol–water partition coefficient (Wildman–Crippen LogP) is 3.29. The maximum absolute atomic E-state index is 12.8. The zero-order valence-electron chi connectivity index (χ0n) is 17.0. The first kappa shape index (κ1) is 21.6. The minimum Gasteiger partial charge on any atom is -0.483 e. The van der Waals surface area contributed by atoms with Crippen molar-refractivity contribution in [3.63, 3.8) is 0 Å². The molecule has 1 unspecified atom stereocenters. The van der Waals surface area contributed by atoms with Gasteiger partial charge in [0.15, 0.2) is 6.61 Å². The number of anilines is 1. The second kappa shape index (κ2) is 10.1. The van der Waals surface area contributed by atoms with Crippen LogP contribution in [0.25, 0.3) is 0 Å². The number of nitrogens with one attached hydrogen (secondary N) is 2. The lowest BCUT2D eigenvalue weighted by Crippen LogP contribution is -2.28. The molecule has 3 aromatic rings. The topological polar surface area (TPSA) is 111 Å². The Morgan fingerprint density at radius 3 is 2.19 bits per heavy atom. The van der Waals surface area contributed by atoms with Gasteiger partial charge in [-0.05, 0) is 36.8 Å². The number of rotatable bonds is 8. The van der Waals surface area contributed by atoms with E-state index in [4.69, 9.17) is 10.5 Å². The van der Waals surface area contributed by atoms with Gasteiger partial charge in [-0.1, -0.05) is 54.6 Å². The number of hydrogen-bond acceptors (Lipinski definition) is 4. The molecular formula is C24H23N3O4. The molecule has 0 heterocycles.